The third kappa shape index (κ3) is 7.79. The quantitative estimate of drug-likeness (QED) is 0.645. The number of likely N-dealkylation sites (N-methyl/N-ethyl adjacent to an activating group) is 1. The molecule has 102 valence electrons. The Morgan fingerprint density at radius 1 is 1.41 bits per heavy atom. The van der Waals surface area contributed by atoms with Crippen LogP contribution in [0.3, 0.4) is 0 Å². The van der Waals surface area contributed by atoms with Crippen LogP contribution in [0, 0.1) is 5.41 Å². The zero-order chi connectivity index (χ0) is 13.5. The summed E-state index contributed by atoms with van der Waals surface area (Å²) in [5.74, 6) is 2.00. The van der Waals surface area contributed by atoms with Gasteiger partial charge in [-0.1, -0.05) is 20.8 Å². The van der Waals surface area contributed by atoms with Gasteiger partial charge in [-0.25, -0.2) is 0 Å². The minimum absolute atomic E-state index is 0.214. The van der Waals surface area contributed by atoms with Crippen molar-refractivity contribution in [3.05, 3.63) is 0 Å². The Labute approximate surface area is 110 Å². The summed E-state index contributed by atoms with van der Waals surface area (Å²) in [5.41, 5.74) is -0.214. The van der Waals surface area contributed by atoms with Gasteiger partial charge in [-0.15, -0.1) is 0 Å². The second kappa shape index (κ2) is 8.11. The van der Waals surface area contributed by atoms with Crippen molar-refractivity contribution in [1.29, 1.82) is 0 Å². The van der Waals surface area contributed by atoms with Crippen LogP contribution in [-0.4, -0.2) is 54.0 Å². The summed E-state index contributed by atoms with van der Waals surface area (Å²) in [4.78, 5) is 13.6. The predicted molar refractivity (Wildman–Crippen MR) is 75.6 cm³/mol. The van der Waals surface area contributed by atoms with Crippen LogP contribution in [0.5, 0.6) is 0 Å². The molecule has 0 radical (unpaired) electrons. The molecule has 17 heavy (non-hydrogen) atoms. The first-order chi connectivity index (χ1) is 7.79. The Hall–Kier alpha value is -0.0600. The smallest absolute Gasteiger partial charge is 0.138 e. The summed E-state index contributed by atoms with van der Waals surface area (Å²) in [5, 5.41) is 9.67. The summed E-state index contributed by atoms with van der Waals surface area (Å²) in [6.45, 7) is 6.63. The molecule has 4 heteroatoms. The van der Waals surface area contributed by atoms with Gasteiger partial charge in [0.25, 0.3) is 0 Å². The van der Waals surface area contributed by atoms with Crippen molar-refractivity contribution in [2.75, 3.05) is 32.1 Å². The number of aliphatic hydroxyl groups excluding tert-OH is 1. The van der Waals surface area contributed by atoms with E-state index in [9.17, 15) is 9.90 Å². The zero-order valence-corrected chi connectivity index (χ0v) is 12.6. The van der Waals surface area contributed by atoms with Gasteiger partial charge in [-0.3, -0.25) is 4.79 Å². The summed E-state index contributed by atoms with van der Waals surface area (Å²) in [7, 11) is 3.91. The van der Waals surface area contributed by atoms with Crippen molar-refractivity contribution >= 4 is 17.5 Å². The number of carbonyl (C=O) groups is 1. The highest BCUT2D eigenvalue weighted by atomic mass is 32.2. The average Bonchev–Trinajstić information content (AvgIpc) is 2.22. The second-order valence-corrected chi connectivity index (χ2v) is 6.55. The fraction of sp³-hybridized carbons (Fsp3) is 0.923. The number of Topliss-reactive ketones (excluding diaryl/α,β-unsaturated/α-hetero) is 1. The molecular weight excluding hydrogens is 234 g/mol. The van der Waals surface area contributed by atoms with E-state index in [0.29, 0.717) is 18.7 Å². The van der Waals surface area contributed by atoms with Crippen LogP contribution in [0.25, 0.3) is 0 Å². The molecule has 1 N–H and O–H groups in total. The second-order valence-electron chi connectivity index (χ2n) is 5.40. The third-order valence-electron chi connectivity index (χ3n) is 2.83. The molecule has 1 unspecified atom stereocenters. The monoisotopic (exact) mass is 261 g/mol. The van der Waals surface area contributed by atoms with Gasteiger partial charge in [-0.05, 0) is 26.3 Å². The highest BCUT2D eigenvalue weighted by molar-refractivity contribution is 7.99. The highest BCUT2D eigenvalue weighted by Crippen LogP contribution is 2.25. The van der Waals surface area contributed by atoms with Crippen molar-refractivity contribution in [1.82, 2.24) is 4.90 Å². The number of nitrogens with zero attached hydrogens (tertiary/aromatic N) is 1. The van der Waals surface area contributed by atoms with Gasteiger partial charge in [0, 0.05) is 24.1 Å². The van der Waals surface area contributed by atoms with Gasteiger partial charge in [0.1, 0.15) is 5.78 Å². The number of hydrogen-bond acceptors (Lipinski definition) is 4. The first-order valence-corrected chi connectivity index (χ1v) is 7.39. The molecule has 1 atom stereocenters. The van der Waals surface area contributed by atoms with Gasteiger partial charge in [0.2, 0.25) is 0 Å². The Kier molecular flexibility index (Phi) is 8.09. The van der Waals surface area contributed by atoms with E-state index in [1.54, 1.807) is 11.8 Å². The van der Waals surface area contributed by atoms with E-state index < -0.39 is 0 Å². The van der Waals surface area contributed by atoms with Crippen LogP contribution >= 0.6 is 11.8 Å². The maximum atomic E-state index is 11.6. The Balaban J connectivity index is 3.74. The summed E-state index contributed by atoms with van der Waals surface area (Å²) < 4.78 is 0. The lowest BCUT2D eigenvalue weighted by Crippen LogP contribution is -2.28. The first kappa shape index (κ1) is 16.9. The molecule has 0 saturated carbocycles. The summed E-state index contributed by atoms with van der Waals surface area (Å²) >= 11 is 1.73. The van der Waals surface area contributed by atoms with E-state index in [0.717, 1.165) is 17.9 Å². The van der Waals surface area contributed by atoms with E-state index >= 15 is 0 Å². The van der Waals surface area contributed by atoms with Gasteiger partial charge in [0.15, 0.2) is 0 Å². The van der Waals surface area contributed by atoms with E-state index in [1.165, 1.54) is 0 Å². The molecule has 0 aliphatic heterocycles. The number of ketones is 1. The molecule has 0 saturated heterocycles. The molecule has 0 aliphatic carbocycles. The molecule has 0 spiro atoms. The maximum Gasteiger partial charge on any atom is 0.138 e. The number of carbonyl (C=O) groups excluding carboxylic acids is 1. The van der Waals surface area contributed by atoms with Crippen molar-refractivity contribution in [3.8, 4) is 0 Å². The Morgan fingerprint density at radius 2 is 2.00 bits per heavy atom. The fourth-order valence-electron chi connectivity index (χ4n) is 1.64. The van der Waals surface area contributed by atoms with E-state index in [1.807, 2.05) is 39.8 Å². The van der Waals surface area contributed by atoms with Crippen molar-refractivity contribution in [3.63, 3.8) is 0 Å². The number of aliphatic hydroxyl groups is 1. The normalized spacial score (nSPS) is 14.1. The van der Waals surface area contributed by atoms with Crippen molar-refractivity contribution in [2.45, 2.75) is 39.7 Å². The lowest BCUT2D eigenvalue weighted by atomic mass is 9.84. The molecule has 0 aromatic heterocycles. The highest BCUT2D eigenvalue weighted by Gasteiger charge is 2.25. The van der Waals surface area contributed by atoms with E-state index in [4.69, 9.17) is 0 Å². The summed E-state index contributed by atoms with van der Waals surface area (Å²) in [6, 6.07) is 0. The van der Waals surface area contributed by atoms with Crippen LogP contribution in [0.15, 0.2) is 0 Å². The lowest BCUT2D eigenvalue weighted by molar-refractivity contribution is -0.126. The topological polar surface area (TPSA) is 40.5 Å². The lowest BCUT2D eigenvalue weighted by Gasteiger charge is -2.22. The fourth-order valence-corrected chi connectivity index (χ4v) is 2.84. The average molecular weight is 261 g/mol. The zero-order valence-electron chi connectivity index (χ0n) is 11.8. The Morgan fingerprint density at radius 3 is 2.47 bits per heavy atom. The number of hydrogen-bond donors (Lipinski definition) is 1. The minimum Gasteiger partial charge on any atom is -0.391 e. The van der Waals surface area contributed by atoms with Gasteiger partial charge in [-0.2, -0.15) is 11.8 Å². The van der Waals surface area contributed by atoms with E-state index in [2.05, 4.69) is 0 Å². The largest absolute Gasteiger partial charge is 0.391 e. The predicted octanol–water partition coefficient (Wildman–Crippen LogP) is 2.04. The maximum absolute atomic E-state index is 11.6. The first-order valence-electron chi connectivity index (χ1n) is 6.23. The van der Waals surface area contributed by atoms with Crippen LogP contribution in [0.2, 0.25) is 0 Å². The molecule has 3 nitrogen and oxygen atoms in total. The van der Waals surface area contributed by atoms with Crippen LogP contribution in [0.1, 0.15) is 33.6 Å². The van der Waals surface area contributed by atoms with Gasteiger partial charge >= 0.3 is 0 Å². The number of thioether (sulfide) groups is 1. The molecular formula is C13H27NO2S. The molecule has 0 aromatic carbocycles. The molecule has 0 amide bonds. The van der Waals surface area contributed by atoms with Gasteiger partial charge < -0.3 is 10.0 Å². The summed E-state index contributed by atoms with van der Waals surface area (Å²) in [6.07, 6.45) is 1.22. The molecule has 0 bridgehead atoms. The Bertz CT molecular complexity index is 229. The molecule has 0 rings (SSSR count). The molecule has 0 heterocycles. The van der Waals surface area contributed by atoms with E-state index in [-0.39, 0.29) is 11.5 Å². The van der Waals surface area contributed by atoms with Crippen molar-refractivity contribution in [2.24, 2.45) is 5.41 Å². The molecule has 0 aliphatic rings. The van der Waals surface area contributed by atoms with Crippen LogP contribution in [-0.2, 0) is 4.79 Å². The standard InChI is InChI=1S/C13H27NO2S/c1-6-12(16)13(2,3)7-8-17-10-11(15)9-14(4)5/h11,15H,6-10H2,1-5H3. The molecule has 0 fully saturated rings. The number of rotatable bonds is 9. The van der Waals surface area contributed by atoms with Crippen LogP contribution < -0.4 is 0 Å². The van der Waals surface area contributed by atoms with Crippen molar-refractivity contribution < 1.29 is 9.90 Å². The molecule has 0 aromatic rings. The van der Waals surface area contributed by atoms with Crippen LogP contribution in [0.4, 0.5) is 0 Å². The SMILES string of the molecule is CCC(=O)C(C)(C)CCSCC(O)CN(C)C. The van der Waals surface area contributed by atoms with Gasteiger partial charge in [0.05, 0.1) is 6.10 Å². The third-order valence-corrected chi connectivity index (χ3v) is 3.95. The minimum atomic E-state index is -0.278.